The van der Waals surface area contributed by atoms with E-state index in [-0.39, 0.29) is 18.2 Å². The van der Waals surface area contributed by atoms with Crippen LogP contribution in [0.5, 0.6) is 0 Å². The van der Waals surface area contributed by atoms with Gasteiger partial charge in [0.2, 0.25) is 11.8 Å². The van der Waals surface area contributed by atoms with Crippen LogP contribution >= 0.6 is 0 Å². The van der Waals surface area contributed by atoms with Crippen molar-refractivity contribution in [3.05, 3.63) is 0 Å². The predicted molar refractivity (Wildman–Crippen MR) is 75.0 cm³/mol. The number of carbonyl (C=O) groups excluding carboxylic acids is 2. The minimum atomic E-state index is -0.803. The third-order valence-corrected chi connectivity index (χ3v) is 3.74. The molecule has 20 heavy (non-hydrogen) atoms. The van der Waals surface area contributed by atoms with Gasteiger partial charge in [-0.25, -0.2) is 0 Å². The lowest BCUT2D eigenvalue weighted by molar-refractivity contribution is -0.142. The maximum absolute atomic E-state index is 12.4. The third kappa shape index (κ3) is 4.32. The normalized spacial score (nSPS) is 22.9. The van der Waals surface area contributed by atoms with E-state index in [0.29, 0.717) is 31.7 Å². The molecule has 0 aromatic carbocycles. The Morgan fingerprint density at radius 3 is 2.50 bits per heavy atom. The average molecular weight is 283 g/mol. The van der Waals surface area contributed by atoms with Crippen LogP contribution in [0.1, 0.15) is 59.3 Å². The van der Waals surface area contributed by atoms with Gasteiger partial charge in [0.1, 0.15) is 0 Å². The molecule has 0 aromatic heterocycles. The predicted octanol–water partition coefficient (Wildman–Crippen LogP) is 2.44. The highest BCUT2D eigenvalue weighted by Gasteiger charge is 2.47. The van der Waals surface area contributed by atoms with E-state index in [4.69, 9.17) is 5.11 Å². The number of imide groups is 1. The molecule has 1 heterocycles. The Hall–Kier alpha value is -1.39. The largest absolute Gasteiger partial charge is 0.481 e. The van der Waals surface area contributed by atoms with Crippen molar-refractivity contribution >= 4 is 17.8 Å². The lowest BCUT2D eigenvalue weighted by Gasteiger charge is -2.23. The quantitative estimate of drug-likeness (QED) is 0.548. The zero-order valence-corrected chi connectivity index (χ0v) is 12.6. The van der Waals surface area contributed by atoms with Gasteiger partial charge < -0.3 is 5.11 Å². The molecule has 0 aromatic rings. The van der Waals surface area contributed by atoms with Gasteiger partial charge in [-0.1, -0.05) is 27.2 Å². The third-order valence-electron chi connectivity index (χ3n) is 3.74. The fourth-order valence-corrected chi connectivity index (χ4v) is 2.95. The molecule has 2 amide bonds. The lowest BCUT2D eigenvalue weighted by atomic mass is 9.80. The first-order valence-corrected chi connectivity index (χ1v) is 7.33. The Balaban J connectivity index is 2.45. The van der Waals surface area contributed by atoms with Gasteiger partial charge in [0, 0.05) is 19.4 Å². The van der Waals surface area contributed by atoms with Crippen molar-refractivity contribution < 1.29 is 19.5 Å². The van der Waals surface area contributed by atoms with Crippen LogP contribution in [0.25, 0.3) is 0 Å². The van der Waals surface area contributed by atoms with E-state index in [9.17, 15) is 14.4 Å². The summed E-state index contributed by atoms with van der Waals surface area (Å²) < 4.78 is 0. The number of likely N-dealkylation sites (tertiary alicyclic amines) is 1. The number of hydrogen-bond donors (Lipinski definition) is 1. The minimum absolute atomic E-state index is 0.0607. The first-order chi connectivity index (χ1) is 9.26. The number of rotatable bonds is 8. The van der Waals surface area contributed by atoms with Crippen molar-refractivity contribution in [1.82, 2.24) is 4.90 Å². The van der Waals surface area contributed by atoms with Crippen molar-refractivity contribution in [3.63, 3.8) is 0 Å². The monoisotopic (exact) mass is 283 g/mol. The van der Waals surface area contributed by atoms with Crippen molar-refractivity contribution in [2.75, 3.05) is 6.54 Å². The fraction of sp³-hybridized carbons (Fsp3) is 0.800. The smallest absolute Gasteiger partial charge is 0.303 e. The summed E-state index contributed by atoms with van der Waals surface area (Å²) in [5, 5.41) is 8.54. The zero-order chi connectivity index (χ0) is 15.3. The number of amides is 2. The van der Waals surface area contributed by atoms with Crippen LogP contribution in [-0.4, -0.2) is 34.3 Å². The van der Waals surface area contributed by atoms with Crippen molar-refractivity contribution in [3.8, 4) is 0 Å². The Labute approximate surface area is 120 Å². The van der Waals surface area contributed by atoms with Crippen LogP contribution in [0.4, 0.5) is 0 Å². The van der Waals surface area contributed by atoms with Crippen LogP contribution in [0, 0.1) is 11.3 Å². The summed E-state index contributed by atoms with van der Waals surface area (Å²) in [5.41, 5.74) is -0.549. The molecule has 0 unspecified atom stereocenters. The highest BCUT2D eigenvalue weighted by atomic mass is 16.4. The van der Waals surface area contributed by atoms with Crippen LogP contribution in [0.3, 0.4) is 0 Å². The summed E-state index contributed by atoms with van der Waals surface area (Å²) in [6.45, 7) is 6.40. The molecule has 0 aliphatic carbocycles. The standard InChI is InChI=1S/C15H25NO4/c1-11(2)9-15(3)10-12(17)16(14(15)20)8-6-4-5-7-13(18)19/h11H,4-10H2,1-3H3,(H,18,19)/t15-/m0/s1. The van der Waals surface area contributed by atoms with Crippen molar-refractivity contribution in [1.29, 1.82) is 0 Å². The number of carboxylic acids is 1. The van der Waals surface area contributed by atoms with Crippen LogP contribution in [0.2, 0.25) is 0 Å². The van der Waals surface area contributed by atoms with Gasteiger partial charge in [-0.05, 0) is 25.2 Å². The maximum atomic E-state index is 12.4. The van der Waals surface area contributed by atoms with E-state index in [2.05, 4.69) is 13.8 Å². The van der Waals surface area contributed by atoms with Gasteiger partial charge in [-0.15, -0.1) is 0 Å². The second kappa shape index (κ2) is 6.86. The Morgan fingerprint density at radius 2 is 1.95 bits per heavy atom. The first-order valence-electron chi connectivity index (χ1n) is 7.33. The van der Waals surface area contributed by atoms with Crippen LogP contribution < -0.4 is 0 Å². The van der Waals surface area contributed by atoms with Gasteiger partial charge >= 0.3 is 5.97 Å². The Bertz CT molecular complexity index is 391. The summed E-state index contributed by atoms with van der Waals surface area (Å²) in [6.07, 6.45) is 3.18. The summed E-state index contributed by atoms with van der Waals surface area (Å²) in [7, 11) is 0. The molecule has 1 atom stereocenters. The Morgan fingerprint density at radius 1 is 1.30 bits per heavy atom. The number of hydrogen-bond acceptors (Lipinski definition) is 3. The van der Waals surface area contributed by atoms with Gasteiger partial charge in [0.25, 0.3) is 0 Å². The highest BCUT2D eigenvalue weighted by Crippen LogP contribution is 2.38. The van der Waals surface area contributed by atoms with Gasteiger partial charge in [-0.3, -0.25) is 19.3 Å². The second-order valence-corrected chi connectivity index (χ2v) is 6.39. The number of unbranched alkanes of at least 4 members (excludes halogenated alkanes) is 2. The molecular formula is C15H25NO4. The summed E-state index contributed by atoms with van der Waals surface area (Å²) in [4.78, 5) is 36.1. The van der Waals surface area contributed by atoms with Gasteiger partial charge in [0.15, 0.2) is 0 Å². The molecule has 1 fully saturated rings. The number of nitrogens with zero attached hydrogens (tertiary/aromatic N) is 1. The molecule has 0 saturated carbocycles. The average Bonchev–Trinajstić information content (AvgIpc) is 2.50. The van der Waals surface area contributed by atoms with E-state index >= 15 is 0 Å². The molecule has 0 spiro atoms. The van der Waals surface area contributed by atoms with E-state index in [0.717, 1.165) is 12.8 Å². The van der Waals surface area contributed by atoms with Gasteiger partial charge in [-0.2, -0.15) is 0 Å². The molecule has 114 valence electrons. The van der Waals surface area contributed by atoms with E-state index in [1.807, 2.05) is 6.92 Å². The molecular weight excluding hydrogens is 258 g/mol. The van der Waals surface area contributed by atoms with Crippen molar-refractivity contribution in [2.24, 2.45) is 11.3 Å². The number of carbonyl (C=O) groups is 3. The van der Waals surface area contributed by atoms with Crippen LogP contribution in [-0.2, 0) is 14.4 Å². The molecule has 5 heteroatoms. The number of aliphatic carboxylic acids is 1. The van der Waals surface area contributed by atoms with Gasteiger partial charge in [0.05, 0.1) is 5.41 Å². The molecule has 0 bridgehead atoms. The molecule has 1 aliphatic rings. The van der Waals surface area contributed by atoms with E-state index in [1.54, 1.807) is 0 Å². The van der Waals surface area contributed by atoms with Crippen LogP contribution in [0.15, 0.2) is 0 Å². The zero-order valence-electron chi connectivity index (χ0n) is 12.6. The summed E-state index contributed by atoms with van der Waals surface area (Å²) in [5.74, 6) is -0.569. The lowest BCUT2D eigenvalue weighted by Crippen LogP contribution is -2.35. The second-order valence-electron chi connectivity index (χ2n) is 6.39. The minimum Gasteiger partial charge on any atom is -0.481 e. The first kappa shape index (κ1) is 16.7. The number of carboxylic acid groups (broad SMARTS) is 1. The van der Waals surface area contributed by atoms with E-state index in [1.165, 1.54) is 4.90 Å². The molecule has 1 aliphatic heterocycles. The molecule has 0 radical (unpaired) electrons. The molecule has 5 nitrogen and oxygen atoms in total. The van der Waals surface area contributed by atoms with E-state index < -0.39 is 11.4 Å². The topological polar surface area (TPSA) is 74.7 Å². The molecule has 1 rings (SSSR count). The Kier molecular flexibility index (Phi) is 5.72. The van der Waals surface area contributed by atoms with Crippen molar-refractivity contribution in [2.45, 2.75) is 59.3 Å². The summed E-state index contributed by atoms with van der Waals surface area (Å²) >= 11 is 0. The maximum Gasteiger partial charge on any atom is 0.303 e. The SMILES string of the molecule is CC(C)C[C@@]1(C)CC(=O)N(CCCCCC(=O)O)C1=O. The summed E-state index contributed by atoms with van der Waals surface area (Å²) in [6, 6.07) is 0. The fourth-order valence-electron chi connectivity index (χ4n) is 2.95. The molecule has 1 saturated heterocycles. The molecule has 1 N–H and O–H groups in total. The highest BCUT2D eigenvalue weighted by molar-refractivity contribution is 6.05.